The summed E-state index contributed by atoms with van der Waals surface area (Å²) in [5.74, 6) is -0.329. The minimum Gasteiger partial charge on any atom is -0.453 e. The fourth-order valence-electron chi connectivity index (χ4n) is 2.75. The van der Waals surface area contributed by atoms with Gasteiger partial charge in [-0.25, -0.2) is 14.0 Å². The largest absolute Gasteiger partial charge is 0.453 e. The maximum Gasteiger partial charge on any atom is 0.245 e. The molecule has 0 aromatic heterocycles. The lowest BCUT2D eigenvalue weighted by atomic mass is 9.97. The Balaban J connectivity index is 1.92. The van der Waals surface area contributed by atoms with Gasteiger partial charge in [-0.05, 0) is 23.8 Å². The number of nitrogens with one attached hydrogen (secondary N) is 2. The van der Waals surface area contributed by atoms with Gasteiger partial charge in [0.25, 0.3) is 0 Å². The number of hydrogen-bond acceptors (Lipinski definition) is 4. The van der Waals surface area contributed by atoms with E-state index in [1.54, 1.807) is 19.2 Å². The number of hydrazine groups is 1. The maximum absolute atomic E-state index is 13.5. The molecule has 138 valence electrons. The van der Waals surface area contributed by atoms with Gasteiger partial charge in [-0.3, -0.25) is 9.35 Å². The van der Waals surface area contributed by atoms with Gasteiger partial charge in [-0.1, -0.05) is 23.7 Å². The Morgan fingerprint density at radius 2 is 2.12 bits per heavy atom. The number of para-hydroxylation sites is 1. The second-order valence-electron chi connectivity index (χ2n) is 5.59. The minimum atomic E-state index is -2.29. The predicted molar refractivity (Wildman–Crippen MR) is 95.9 cm³/mol. The average molecular weight is 400 g/mol. The van der Waals surface area contributed by atoms with Crippen molar-refractivity contribution in [2.45, 2.75) is 12.5 Å². The molecule has 0 bridgehead atoms. The Labute approximate surface area is 156 Å². The van der Waals surface area contributed by atoms with Crippen LogP contribution in [0.3, 0.4) is 0 Å². The molecule has 1 amide bonds. The van der Waals surface area contributed by atoms with E-state index in [2.05, 4.69) is 10.3 Å². The fraction of sp³-hybridized carbons (Fsp3) is 0.188. The summed E-state index contributed by atoms with van der Waals surface area (Å²) in [6.07, 6.45) is 0.275. The molecule has 2 aromatic rings. The molecule has 1 heterocycles. The van der Waals surface area contributed by atoms with Gasteiger partial charge in [-0.15, -0.1) is 0 Å². The number of likely N-dealkylation sites (N-methyl/N-ethyl adjacent to an activating group) is 1. The molecular weight excluding hydrogens is 385 g/mol. The Morgan fingerprint density at radius 1 is 1.35 bits per heavy atom. The summed E-state index contributed by atoms with van der Waals surface area (Å²) in [5.41, 5.74) is 3.83. The molecule has 0 fully saturated rings. The van der Waals surface area contributed by atoms with Crippen LogP contribution in [-0.4, -0.2) is 27.8 Å². The average Bonchev–Trinajstić information content (AvgIpc) is 2.60. The SMILES string of the molecule is CN1C(=O)[C@H](NNS(=O)O)Cc2cccc(Oc3cc(F)ccc3Cl)c21. The van der Waals surface area contributed by atoms with Crippen molar-refractivity contribution in [1.29, 1.82) is 0 Å². The number of anilines is 1. The first kappa shape index (κ1) is 18.7. The quantitative estimate of drug-likeness (QED) is 0.530. The van der Waals surface area contributed by atoms with Crippen molar-refractivity contribution in [2.75, 3.05) is 11.9 Å². The van der Waals surface area contributed by atoms with E-state index < -0.39 is 23.1 Å². The van der Waals surface area contributed by atoms with Crippen LogP contribution in [0.25, 0.3) is 0 Å². The van der Waals surface area contributed by atoms with Crippen LogP contribution in [0, 0.1) is 5.82 Å². The fourth-order valence-corrected chi connectivity index (χ4v) is 3.15. The van der Waals surface area contributed by atoms with E-state index in [4.69, 9.17) is 20.9 Å². The summed E-state index contributed by atoms with van der Waals surface area (Å²) < 4.78 is 38.8. The molecule has 3 N–H and O–H groups in total. The van der Waals surface area contributed by atoms with Crippen LogP contribution < -0.4 is 19.9 Å². The van der Waals surface area contributed by atoms with Crippen molar-refractivity contribution < 1.29 is 22.7 Å². The number of halogens is 2. The highest BCUT2D eigenvalue weighted by Gasteiger charge is 2.33. The Bertz CT molecular complexity index is 883. The minimum absolute atomic E-state index is 0.138. The second-order valence-corrected chi connectivity index (χ2v) is 6.70. The molecule has 0 spiro atoms. The zero-order valence-corrected chi connectivity index (χ0v) is 15.1. The number of fused-ring (bicyclic) bond motifs is 1. The summed E-state index contributed by atoms with van der Waals surface area (Å²) in [4.78, 5) is 16.0. The van der Waals surface area contributed by atoms with Crippen molar-refractivity contribution in [3.63, 3.8) is 0 Å². The molecule has 3 rings (SSSR count). The van der Waals surface area contributed by atoms with Crippen LogP contribution in [0.1, 0.15) is 5.56 Å². The number of carbonyl (C=O) groups is 1. The second kappa shape index (κ2) is 7.68. The molecule has 7 nitrogen and oxygen atoms in total. The van der Waals surface area contributed by atoms with Gasteiger partial charge in [0.1, 0.15) is 17.6 Å². The molecule has 0 saturated carbocycles. The summed E-state index contributed by atoms with van der Waals surface area (Å²) in [7, 11) is 1.56. The number of benzene rings is 2. The molecule has 0 saturated heterocycles. The first-order valence-electron chi connectivity index (χ1n) is 7.51. The van der Waals surface area contributed by atoms with Crippen LogP contribution in [0.5, 0.6) is 11.5 Å². The number of carbonyl (C=O) groups excluding carboxylic acids is 1. The molecule has 26 heavy (non-hydrogen) atoms. The third-order valence-corrected chi connectivity index (χ3v) is 4.51. The van der Waals surface area contributed by atoms with Gasteiger partial charge in [0.2, 0.25) is 17.2 Å². The number of hydrogen-bond donors (Lipinski definition) is 3. The maximum atomic E-state index is 13.5. The van der Waals surface area contributed by atoms with Crippen molar-refractivity contribution in [3.8, 4) is 11.5 Å². The first-order chi connectivity index (χ1) is 12.4. The van der Waals surface area contributed by atoms with Crippen molar-refractivity contribution in [1.82, 2.24) is 10.3 Å². The van der Waals surface area contributed by atoms with Crippen molar-refractivity contribution >= 4 is 34.5 Å². The highest BCUT2D eigenvalue weighted by molar-refractivity contribution is 7.77. The normalized spacial score (nSPS) is 17.8. The zero-order valence-electron chi connectivity index (χ0n) is 13.5. The van der Waals surface area contributed by atoms with Gasteiger partial charge < -0.3 is 9.64 Å². The van der Waals surface area contributed by atoms with Crippen LogP contribution in [0.15, 0.2) is 36.4 Å². The lowest BCUT2D eigenvalue weighted by molar-refractivity contribution is -0.120. The van der Waals surface area contributed by atoms with E-state index in [-0.39, 0.29) is 23.1 Å². The van der Waals surface area contributed by atoms with E-state index in [0.717, 1.165) is 11.6 Å². The lowest BCUT2D eigenvalue weighted by Crippen LogP contribution is -2.54. The molecule has 2 aromatic carbocycles. The van der Waals surface area contributed by atoms with Gasteiger partial charge in [-0.2, -0.15) is 4.83 Å². The van der Waals surface area contributed by atoms with Crippen LogP contribution in [0.2, 0.25) is 5.02 Å². The topological polar surface area (TPSA) is 90.9 Å². The first-order valence-corrected chi connectivity index (χ1v) is 8.99. The molecule has 0 aliphatic carbocycles. The van der Waals surface area contributed by atoms with Gasteiger partial charge in [0, 0.05) is 19.5 Å². The van der Waals surface area contributed by atoms with E-state index in [1.165, 1.54) is 17.0 Å². The smallest absolute Gasteiger partial charge is 0.245 e. The van der Waals surface area contributed by atoms with Crippen molar-refractivity contribution in [2.24, 2.45) is 0 Å². The van der Waals surface area contributed by atoms with Crippen molar-refractivity contribution in [3.05, 3.63) is 52.8 Å². The van der Waals surface area contributed by atoms with Crippen LogP contribution in [0.4, 0.5) is 10.1 Å². The van der Waals surface area contributed by atoms with Gasteiger partial charge in [0.15, 0.2) is 5.75 Å². The Kier molecular flexibility index (Phi) is 5.54. The van der Waals surface area contributed by atoms with E-state index >= 15 is 0 Å². The van der Waals surface area contributed by atoms with Crippen LogP contribution in [-0.2, 0) is 22.5 Å². The molecule has 1 unspecified atom stereocenters. The Hall–Kier alpha value is -2.04. The zero-order chi connectivity index (χ0) is 18.8. The molecule has 1 aliphatic rings. The molecule has 0 radical (unpaired) electrons. The monoisotopic (exact) mass is 399 g/mol. The highest BCUT2D eigenvalue weighted by Crippen LogP contribution is 2.40. The number of ether oxygens (including phenoxy) is 1. The number of amides is 1. The van der Waals surface area contributed by atoms with Gasteiger partial charge in [0.05, 0.1) is 10.7 Å². The number of rotatable bonds is 5. The molecule has 1 aliphatic heterocycles. The third kappa shape index (κ3) is 3.87. The van der Waals surface area contributed by atoms with Crippen LogP contribution >= 0.6 is 11.6 Å². The standard InChI is InChI=1S/C16H15ClFN3O4S/c1-21-15-9(7-12(16(21)22)19-20-26(23)24)3-2-4-13(15)25-14-8-10(18)5-6-11(14)17/h2-6,8,12,19-20H,7H2,1H3,(H,23,24)/t12-/m1/s1. The summed E-state index contributed by atoms with van der Waals surface area (Å²) >= 11 is 3.75. The van der Waals surface area contributed by atoms with E-state index in [0.29, 0.717) is 11.4 Å². The summed E-state index contributed by atoms with van der Waals surface area (Å²) in [6.45, 7) is 0. The summed E-state index contributed by atoms with van der Waals surface area (Å²) in [6, 6.07) is 8.24. The molecule has 2 atom stereocenters. The summed E-state index contributed by atoms with van der Waals surface area (Å²) in [5, 5.41) is 0.239. The predicted octanol–water partition coefficient (Wildman–Crippen LogP) is 2.39. The molecular formula is C16H15ClFN3O4S. The van der Waals surface area contributed by atoms with E-state index in [9.17, 15) is 13.4 Å². The Morgan fingerprint density at radius 3 is 2.85 bits per heavy atom. The van der Waals surface area contributed by atoms with Gasteiger partial charge >= 0.3 is 0 Å². The lowest BCUT2D eigenvalue weighted by Gasteiger charge is -2.33. The number of nitrogens with zero attached hydrogens (tertiary/aromatic N) is 1. The molecule has 10 heteroatoms. The highest BCUT2D eigenvalue weighted by atomic mass is 35.5. The third-order valence-electron chi connectivity index (χ3n) is 3.90. The van der Waals surface area contributed by atoms with E-state index in [1.807, 2.05) is 6.07 Å².